The maximum absolute atomic E-state index is 12.7. The second-order valence-corrected chi connectivity index (χ2v) is 7.41. The Kier molecular flexibility index (Phi) is 5.63. The molecule has 0 unspecified atom stereocenters. The number of nitrogens with one attached hydrogen (secondary N) is 1. The van der Waals surface area contributed by atoms with Gasteiger partial charge in [0.15, 0.2) is 5.76 Å². The highest BCUT2D eigenvalue weighted by Crippen LogP contribution is 2.33. The molecule has 0 bridgehead atoms. The van der Waals surface area contributed by atoms with Crippen molar-refractivity contribution in [1.82, 2.24) is 4.57 Å². The smallest absolute Gasteiger partial charge is 0.291 e. The summed E-state index contributed by atoms with van der Waals surface area (Å²) in [6.07, 6.45) is 1.68. The topological polar surface area (TPSA) is 64.2 Å². The average Bonchev–Trinajstić information content (AvgIpc) is 3.21. The molecule has 0 radical (unpaired) electrons. The third-order valence-electron chi connectivity index (χ3n) is 4.22. The monoisotopic (exact) mass is 402 g/mol. The van der Waals surface area contributed by atoms with Crippen LogP contribution < -0.4 is 10.9 Å². The van der Waals surface area contributed by atoms with E-state index in [2.05, 4.69) is 5.32 Å². The molecule has 0 aliphatic heterocycles. The fourth-order valence-electron chi connectivity index (χ4n) is 2.80. The Labute approximate surface area is 172 Å². The van der Waals surface area contributed by atoms with Gasteiger partial charge in [0.2, 0.25) is 0 Å². The lowest BCUT2D eigenvalue weighted by atomic mass is 10.3. The van der Waals surface area contributed by atoms with Crippen LogP contribution in [0.15, 0.2) is 110 Å². The molecule has 0 spiro atoms. The van der Waals surface area contributed by atoms with Crippen molar-refractivity contribution in [2.45, 2.75) is 16.3 Å². The first-order valence-electron chi connectivity index (χ1n) is 9.06. The standard InChI is InChI=1S/C23H18N2O3S/c26-22-12-6-7-15-25(22)16-17-13-14-20(28-17)23(27)24-19-10-4-5-11-21(19)29-18-8-2-1-3-9-18/h1-15H,16H2,(H,24,27). The second-order valence-electron chi connectivity index (χ2n) is 6.30. The van der Waals surface area contributed by atoms with Gasteiger partial charge < -0.3 is 14.3 Å². The Morgan fingerprint density at radius 1 is 0.897 bits per heavy atom. The van der Waals surface area contributed by atoms with E-state index in [1.807, 2.05) is 54.6 Å². The number of para-hydroxylation sites is 1. The molecule has 0 fully saturated rings. The van der Waals surface area contributed by atoms with E-state index >= 15 is 0 Å². The quantitative estimate of drug-likeness (QED) is 0.499. The highest BCUT2D eigenvalue weighted by Gasteiger charge is 2.14. The second kappa shape index (κ2) is 8.67. The molecule has 144 valence electrons. The van der Waals surface area contributed by atoms with Crippen LogP contribution in [0.25, 0.3) is 0 Å². The number of hydrogen-bond acceptors (Lipinski definition) is 4. The van der Waals surface area contributed by atoms with Gasteiger partial charge in [0, 0.05) is 22.1 Å². The molecule has 0 saturated carbocycles. The summed E-state index contributed by atoms with van der Waals surface area (Å²) in [5.41, 5.74) is 0.588. The van der Waals surface area contributed by atoms with Gasteiger partial charge >= 0.3 is 0 Å². The van der Waals surface area contributed by atoms with Gasteiger partial charge in [-0.2, -0.15) is 0 Å². The molecular weight excluding hydrogens is 384 g/mol. The van der Waals surface area contributed by atoms with Crippen molar-refractivity contribution < 1.29 is 9.21 Å². The van der Waals surface area contributed by atoms with Crippen LogP contribution in [-0.2, 0) is 6.54 Å². The molecule has 1 amide bonds. The van der Waals surface area contributed by atoms with Crippen molar-refractivity contribution in [2.75, 3.05) is 5.32 Å². The molecule has 0 saturated heterocycles. The van der Waals surface area contributed by atoms with Crippen LogP contribution in [-0.4, -0.2) is 10.5 Å². The molecule has 2 aromatic heterocycles. The van der Waals surface area contributed by atoms with Crippen LogP contribution >= 0.6 is 11.8 Å². The number of furan rings is 1. The molecule has 2 heterocycles. The largest absolute Gasteiger partial charge is 0.454 e. The number of anilines is 1. The van der Waals surface area contributed by atoms with Crippen molar-refractivity contribution in [2.24, 2.45) is 0 Å². The summed E-state index contributed by atoms with van der Waals surface area (Å²) in [5.74, 6) is 0.400. The van der Waals surface area contributed by atoms with Gasteiger partial charge in [-0.25, -0.2) is 0 Å². The number of rotatable bonds is 6. The van der Waals surface area contributed by atoms with Crippen molar-refractivity contribution in [1.29, 1.82) is 0 Å². The lowest BCUT2D eigenvalue weighted by molar-refractivity contribution is 0.0994. The first-order chi connectivity index (χ1) is 14.2. The van der Waals surface area contributed by atoms with E-state index < -0.39 is 0 Å². The number of pyridine rings is 1. The first kappa shape index (κ1) is 18.8. The maximum atomic E-state index is 12.7. The molecule has 4 rings (SSSR count). The van der Waals surface area contributed by atoms with E-state index in [1.54, 1.807) is 42.2 Å². The number of aromatic nitrogens is 1. The zero-order valence-electron chi connectivity index (χ0n) is 15.4. The Balaban J connectivity index is 1.48. The minimum Gasteiger partial charge on any atom is -0.454 e. The Morgan fingerprint density at radius 3 is 2.48 bits per heavy atom. The van der Waals surface area contributed by atoms with Crippen molar-refractivity contribution in [3.8, 4) is 0 Å². The van der Waals surface area contributed by atoms with Gasteiger partial charge in [0.05, 0.1) is 12.2 Å². The van der Waals surface area contributed by atoms with Crippen molar-refractivity contribution in [3.05, 3.63) is 113 Å². The molecule has 6 heteroatoms. The van der Waals surface area contributed by atoms with Crippen LogP contribution in [0.2, 0.25) is 0 Å². The zero-order chi connectivity index (χ0) is 20.1. The van der Waals surface area contributed by atoms with E-state index in [1.165, 1.54) is 10.6 Å². The number of amides is 1. The third kappa shape index (κ3) is 4.67. The van der Waals surface area contributed by atoms with Crippen LogP contribution in [0.1, 0.15) is 16.3 Å². The molecule has 5 nitrogen and oxygen atoms in total. The summed E-state index contributed by atoms with van der Waals surface area (Å²) in [4.78, 5) is 26.5. The Morgan fingerprint density at radius 2 is 1.66 bits per heavy atom. The highest BCUT2D eigenvalue weighted by molar-refractivity contribution is 7.99. The first-order valence-corrected chi connectivity index (χ1v) is 9.88. The third-order valence-corrected chi connectivity index (χ3v) is 5.30. The summed E-state index contributed by atoms with van der Waals surface area (Å²) < 4.78 is 7.18. The molecule has 2 aromatic carbocycles. The summed E-state index contributed by atoms with van der Waals surface area (Å²) >= 11 is 1.58. The summed E-state index contributed by atoms with van der Waals surface area (Å²) in [5, 5.41) is 2.91. The van der Waals surface area contributed by atoms with E-state index in [0.717, 1.165) is 9.79 Å². The molecular formula is C23H18N2O3S. The number of carbonyl (C=O) groups excluding carboxylic acids is 1. The minimum absolute atomic E-state index is 0.123. The van der Waals surface area contributed by atoms with Crippen LogP contribution in [0.3, 0.4) is 0 Å². The van der Waals surface area contributed by atoms with Gasteiger partial charge in [-0.1, -0.05) is 48.2 Å². The van der Waals surface area contributed by atoms with Gasteiger partial charge in [-0.05, 0) is 42.5 Å². The molecule has 0 aliphatic carbocycles. The zero-order valence-corrected chi connectivity index (χ0v) is 16.3. The number of benzene rings is 2. The predicted octanol–water partition coefficient (Wildman–Crippen LogP) is 4.89. The minimum atomic E-state index is -0.335. The highest BCUT2D eigenvalue weighted by atomic mass is 32.2. The maximum Gasteiger partial charge on any atom is 0.291 e. The van der Waals surface area contributed by atoms with Crippen LogP contribution in [0, 0.1) is 0 Å². The molecule has 29 heavy (non-hydrogen) atoms. The number of hydrogen-bond donors (Lipinski definition) is 1. The average molecular weight is 402 g/mol. The lowest BCUT2D eigenvalue weighted by Gasteiger charge is -2.10. The van der Waals surface area contributed by atoms with E-state index in [4.69, 9.17) is 4.42 Å². The van der Waals surface area contributed by atoms with Gasteiger partial charge in [-0.3, -0.25) is 9.59 Å². The van der Waals surface area contributed by atoms with Gasteiger partial charge in [-0.15, -0.1) is 0 Å². The SMILES string of the molecule is O=C(Nc1ccccc1Sc1ccccc1)c1ccc(Cn2ccccc2=O)o1. The molecule has 4 aromatic rings. The number of nitrogens with zero attached hydrogens (tertiary/aromatic N) is 1. The fraction of sp³-hybridized carbons (Fsp3) is 0.0435. The number of carbonyl (C=O) groups is 1. The molecule has 0 aliphatic rings. The van der Waals surface area contributed by atoms with Crippen LogP contribution in [0.5, 0.6) is 0 Å². The summed E-state index contributed by atoms with van der Waals surface area (Å²) in [7, 11) is 0. The Bertz CT molecular complexity index is 1180. The normalized spacial score (nSPS) is 10.6. The van der Waals surface area contributed by atoms with Crippen LogP contribution in [0.4, 0.5) is 5.69 Å². The van der Waals surface area contributed by atoms with Gasteiger partial charge in [0.1, 0.15) is 5.76 Å². The summed E-state index contributed by atoms with van der Waals surface area (Å²) in [6, 6.07) is 25.9. The van der Waals surface area contributed by atoms with E-state index in [-0.39, 0.29) is 23.8 Å². The van der Waals surface area contributed by atoms with Crippen molar-refractivity contribution >= 4 is 23.4 Å². The van der Waals surface area contributed by atoms with Crippen molar-refractivity contribution in [3.63, 3.8) is 0 Å². The fourth-order valence-corrected chi connectivity index (χ4v) is 3.73. The lowest BCUT2D eigenvalue weighted by Crippen LogP contribution is -2.18. The Hall–Kier alpha value is -3.51. The van der Waals surface area contributed by atoms with E-state index in [0.29, 0.717) is 11.4 Å². The van der Waals surface area contributed by atoms with E-state index in [9.17, 15) is 9.59 Å². The van der Waals surface area contributed by atoms with Gasteiger partial charge in [0.25, 0.3) is 11.5 Å². The molecule has 1 N–H and O–H groups in total. The predicted molar refractivity (Wildman–Crippen MR) is 113 cm³/mol. The molecule has 0 atom stereocenters. The summed E-state index contributed by atoms with van der Waals surface area (Å²) in [6.45, 7) is 0.271.